The van der Waals surface area contributed by atoms with E-state index >= 15 is 0 Å². The van der Waals surface area contributed by atoms with Gasteiger partial charge in [0.15, 0.2) is 5.69 Å². The molecule has 0 saturated heterocycles. The number of carbonyl (C=O) groups is 1. The van der Waals surface area contributed by atoms with Gasteiger partial charge in [-0.1, -0.05) is 17.7 Å². The summed E-state index contributed by atoms with van der Waals surface area (Å²) in [6.07, 6.45) is 0. The highest BCUT2D eigenvalue weighted by Gasteiger charge is 2.17. The van der Waals surface area contributed by atoms with E-state index in [1.165, 1.54) is 24.3 Å². The molecule has 1 heterocycles. The third kappa shape index (κ3) is 3.00. The highest BCUT2D eigenvalue weighted by atomic mass is 35.5. The zero-order chi connectivity index (χ0) is 17.3. The molecule has 0 atom stereocenters. The first kappa shape index (κ1) is 16.1. The molecule has 5 nitrogen and oxygen atoms in total. The molecule has 3 rings (SSSR count). The first-order valence-corrected chi connectivity index (χ1v) is 7.64. The lowest BCUT2D eigenvalue weighted by Gasteiger charge is -2.10. The molecular formula is C17H13ClFN3O2. The van der Waals surface area contributed by atoms with Gasteiger partial charge in [-0.05, 0) is 43.3 Å². The standard InChI is InChI=1S/C17H13ClFN3O2/c1-2-22-14-7-6-10(18)8-13(14)16(23)15(21-22)17(24)20-12-5-3-4-11(19)9-12/h3-9H,2H2,1H3,(H,20,24). The zero-order valence-corrected chi connectivity index (χ0v) is 13.5. The summed E-state index contributed by atoms with van der Waals surface area (Å²) in [6, 6.07) is 10.3. The smallest absolute Gasteiger partial charge is 0.280 e. The summed E-state index contributed by atoms with van der Waals surface area (Å²) in [6.45, 7) is 2.32. The van der Waals surface area contributed by atoms with Crippen molar-refractivity contribution in [3.05, 3.63) is 69.2 Å². The number of anilines is 1. The Hall–Kier alpha value is -2.73. The van der Waals surface area contributed by atoms with E-state index in [1.54, 1.807) is 16.8 Å². The fraction of sp³-hybridized carbons (Fsp3) is 0.118. The summed E-state index contributed by atoms with van der Waals surface area (Å²) in [5.74, 6) is -1.19. The number of rotatable bonds is 3. The fourth-order valence-corrected chi connectivity index (χ4v) is 2.58. The van der Waals surface area contributed by atoms with Crippen LogP contribution in [0.1, 0.15) is 17.4 Å². The second kappa shape index (κ2) is 6.41. The van der Waals surface area contributed by atoms with Crippen LogP contribution in [0.2, 0.25) is 5.02 Å². The number of amides is 1. The van der Waals surface area contributed by atoms with Crippen LogP contribution in [0, 0.1) is 5.82 Å². The second-order valence-electron chi connectivity index (χ2n) is 5.12. The number of benzene rings is 2. The number of aromatic nitrogens is 2. The monoisotopic (exact) mass is 345 g/mol. The van der Waals surface area contributed by atoms with Crippen LogP contribution >= 0.6 is 11.6 Å². The Balaban J connectivity index is 2.10. The Bertz CT molecular complexity index is 1000. The van der Waals surface area contributed by atoms with Gasteiger partial charge in [0.1, 0.15) is 5.82 Å². The van der Waals surface area contributed by atoms with Crippen LogP contribution in [0.15, 0.2) is 47.3 Å². The van der Waals surface area contributed by atoms with Crippen molar-refractivity contribution in [1.29, 1.82) is 0 Å². The third-order valence-electron chi connectivity index (χ3n) is 3.51. The molecular weight excluding hydrogens is 333 g/mol. The van der Waals surface area contributed by atoms with E-state index in [0.717, 1.165) is 6.07 Å². The van der Waals surface area contributed by atoms with Crippen molar-refractivity contribution >= 4 is 34.1 Å². The summed E-state index contributed by atoms with van der Waals surface area (Å²) in [4.78, 5) is 25.0. The third-order valence-corrected chi connectivity index (χ3v) is 3.75. The number of aryl methyl sites for hydroxylation is 1. The minimum atomic E-state index is -0.699. The van der Waals surface area contributed by atoms with E-state index in [9.17, 15) is 14.0 Å². The van der Waals surface area contributed by atoms with Crippen molar-refractivity contribution in [1.82, 2.24) is 9.78 Å². The molecule has 0 aliphatic carbocycles. The van der Waals surface area contributed by atoms with Crippen molar-refractivity contribution in [2.24, 2.45) is 0 Å². The van der Waals surface area contributed by atoms with Crippen molar-refractivity contribution in [3.8, 4) is 0 Å². The van der Waals surface area contributed by atoms with Crippen molar-refractivity contribution in [2.75, 3.05) is 5.32 Å². The van der Waals surface area contributed by atoms with Gasteiger partial charge in [0.2, 0.25) is 5.43 Å². The molecule has 1 amide bonds. The Morgan fingerprint density at radius 1 is 1.29 bits per heavy atom. The maximum atomic E-state index is 13.2. The summed E-state index contributed by atoms with van der Waals surface area (Å²) in [7, 11) is 0. The molecule has 0 spiro atoms. The number of nitrogens with zero attached hydrogens (tertiary/aromatic N) is 2. The van der Waals surface area contributed by atoms with E-state index in [1.807, 2.05) is 6.92 Å². The largest absolute Gasteiger partial charge is 0.320 e. The van der Waals surface area contributed by atoms with E-state index in [0.29, 0.717) is 22.5 Å². The molecule has 0 bridgehead atoms. The Morgan fingerprint density at radius 3 is 2.79 bits per heavy atom. The highest BCUT2D eigenvalue weighted by molar-refractivity contribution is 6.31. The van der Waals surface area contributed by atoms with E-state index < -0.39 is 17.2 Å². The van der Waals surface area contributed by atoms with Crippen LogP contribution in [-0.2, 0) is 6.54 Å². The average molecular weight is 346 g/mol. The minimum Gasteiger partial charge on any atom is -0.320 e. The molecule has 7 heteroatoms. The van der Waals surface area contributed by atoms with E-state index in [-0.39, 0.29) is 11.4 Å². The number of hydrogen-bond donors (Lipinski definition) is 1. The van der Waals surface area contributed by atoms with Crippen LogP contribution < -0.4 is 10.7 Å². The van der Waals surface area contributed by atoms with Gasteiger partial charge in [0.05, 0.1) is 10.9 Å². The number of halogens is 2. The van der Waals surface area contributed by atoms with Crippen LogP contribution in [0.4, 0.5) is 10.1 Å². The van der Waals surface area contributed by atoms with Gasteiger partial charge in [-0.2, -0.15) is 5.10 Å². The molecule has 0 unspecified atom stereocenters. The second-order valence-corrected chi connectivity index (χ2v) is 5.56. The van der Waals surface area contributed by atoms with E-state index in [4.69, 9.17) is 11.6 Å². The van der Waals surface area contributed by atoms with Crippen molar-refractivity contribution in [3.63, 3.8) is 0 Å². The SMILES string of the molecule is CCn1nc(C(=O)Nc2cccc(F)c2)c(=O)c2cc(Cl)ccc21. The van der Waals surface area contributed by atoms with Gasteiger partial charge in [0.25, 0.3) is 5.91 Å². The van der Waals surface area contributed by atoms with Gasteiger partial charge < -0.3 is 5.32 Å². The van der Waals surface area contributed by atoms with Crippen LogP contribution in [0.25, 0.3) is 10.9 Å². The predicted octanol–water partition coefficient (Wildman–Crippen LogP) is 3.46. The van der Waals surface area contributed by atoms with Crippen molar-refractivity contribution in [2.45, 2.75) is 13.5 Å². The average Bonchev–Trinajstić information content (AvgIpc) is 2.55. The summed E-state index contributed by atoms with van der Waals surface area (Å²) >= 11 is 5.95. The fourth-order valence-electron chi connectivity index (χ4n) is 2.41. The lowest BCUT2D eigenvalue weighted by Crippen LogP contribution is -2.27. The zero-order valence-electron chi connectivity index (χ0n) is 12.7. The summed E-state index contributed by atoms with van der Waals surface area (Å²) in [5.41, 5.74) is 0.0478. The van der Waals surface area contributed by atoms with Crippen LogP contribution in [-0.4, -0.2) is 15.7 Å². The lowest BCUT2D eigenvalue weighted by atomic mass is 10.2. The van der Waals surface area contributed by atoms with Crippen molar-refractivity contribution < 1.29 is 9.18 Å². The first-order valence-electron chi connectivity index (χ1n) is 7.27. The maximum absolute atomic E-state index is 13.2. The molecule has 24 heavy (non-hydrogen) atoms. The normalized spacial score (nSPS) is 10.8. The molecule has 1 aromatic heterocycles. The molecule has 0 aliphatic rings. The van der Waals surface area contributed by atoms with Gasteiger partial charge in [-0.15, -0.1) is 0 Å². The van der Waals surface area contributed by atoms with Crippen LogP contribution in [0.5, 0.6) is 0 Å². The molecule has 0 aliphatic heterocycles. The van der Waals surface area contributed by atoms with Gasteiger partial charge in [-0.3, -0.25) is 14.3 Å². The molecule has 2 aromatic carbocycles. The maximum Gasteiger partial charge on any atom is 0.280 e. The summed E-state index contributed by atoms with van der Waals surface area (Å²) in [5, 5.41) is 7.31. The predicted molar refractivity (Wildman–Crippen MR) is 91.0 cm³/mol. The van der Waals surface area contributed by atoms with Crippen LogP contribution in [0.3, 0.4) is 0 Å². The van der Waals surface area contributed by atoms with E-state index in [2.05, 4.69) is 10.4 Å². The van der Waals surface area contributed by atoms with Gasteiger partial charge in [-0.25, -0.2) is 4.39 Å². The minimum absolute atomic E-state index is 0.246. The molecule has 0 radical (unpaired) electrons. The molecule has 122 valence electrons. The number of nitrogens with one attached hydrogen (secondary N) is 1. The lowest BCUT2D eigenvalue weighted by molar-refractivity contribution is 0.101. The molecule has 0 saturated carbocycles. The highest BCUT2D eigenvalue weighted by Crippen LogP contribution is 2.17. The Morgan fingerprint density at radius 2 is 2.08 bits per heavy atom. The molecule has 0 fully saturated rings. The number of carbonyl (C=O) groups excluding carboxylic acids is 1. The number of fused-ring (bicyclic) bond motifs is 1. The Labute approximate surface area is 141 Å². The Kier molecular flexibility index (Phi) is 4.31. The molecule has 3 aromatic rings. The molecule has 1 N–H and O–H groups in total. The quantitative estimate of drug-likeness (QED) is 0.790. The topological polar surface area (TPSA) is 64.0 Å². The van der Waals surface area contributed by atoms with Gasteiger partial charge in [0, 0.05) is 17.3 Å². The summed E-state index contributed by atoms with van der Waals surface area (Å²) < 4.78 is 14.8. The first-order chi connectivity index (χ1) is 11.5. The number of hydrogen-bond acceptors (Lipinski definition) is 3. The van der Waals surface area contributed by atoms with Gasteiger partial charge >= 0.3 is 0 Å².